The lowest BCUT2D eigenvalue weighted by Gasteiger charge is -2.14. The molecule has 1 atom stereocenters. The summed E-state index contributed by atoms with van der Waals surface area (Å²) in [5.74, 6) is 0.953. The van der Waals surface area contributed by atoms with Crippen LogP contribution in [0.5, 0.6) is 5.75 Å². The Kier molecular flexibility index (Phi) is 4.68. The van der Waals surface area contributed by atoms with Gasteiger partial charge in [-0.1, -0.05) is 12.1 Å². The summed E-state index contributed by atoms with van der Waals surface area (Å²) in [6, 6.07) is 8.84. The van der Waals surface area contributed by atoms with Crippen LogP contribution in [0.2, 0.25) is 0 Å². The van der Waals surface area contributed by atoms with E-state index in [1.807, 2.05) is 25.1 Å². The van der Waals surface area contributed by atoms with E-state index in [2.05, 4.69) is 16.7 Å². The van der Waals surface area contributed by atoms with Crippen molar-refractivity contribution in [2.45, 2.75) is 32.2 Å². The number of nitrogens with one attached hydrogen (secondary N) is 2. The van der Waals surface area contributed by atoms with Crippen molar-refractivity contribution in [3.05, 3.63) is 24.3 Å². The second-order valence-electron chi connectivity index (χ2n) is 4.44. The first-order chi connectivity index (χ1) is 8.40. The zero-order valence-corrected chi connectivity index (χ0v) is 10.5. The van der Waals surface area contributed by atoms with Crippen LogP contribution in [0.3, 0.4) is 0 Å². The molecule has 1 saturated heterocycles. The molecule has 0 saturated carbocycles. The first-order valence-corrected chi connectivity index (χ1v) is 6.59. The van der Waals surface area contributed by atoms with E-state index in [1.54, 1.807) is 0 Å². The summed E-state index contributed by atoms with van der Waals surface area (Å²) < 4.78 is 5.58. The van der Waals surface area contributed by atoms with E-state index in [0.29, 0.717) is 12.6 Å². The summed E-state index contributed by atoms with van der Waals surface area (Å²) in [6.45, 7) is 4.91. The summed E-state index contributed by atoms with van der Waals surface area (Å²) in [5.41, 5.74) is 1.10. The predicted octanol–water partition coefficient (Wildman–Crippen LogP) is 2.64. The third kappa shape index (κ3) is 3.63. The van der Waals surface area contributed by atoms with E-state index in [0.717, 1.165) is 18.0 Å². The number of hydrogen-bond donors (Lipinski definition) is 2. The Labute approximate surface area is 104 Å². The molecule has 1 fully saturated rings. The van der Waals surface area contributed by atoms with Gasteiger partial charge in [0.15, 0.2) is 0 Å². The van der Waals surface area contributed by atoms with Crippen molar-refractivity contribution in [2.75, 3.05) is 25.0 Å². The van der Waals surface area contributed by atoms with Crippen LogP contribution >= 0.6 is 0 Å². The lowest BCUT2D eigenvalue weighted by Crippen LogP contribution is -2.24. The number of ether oxygens (including phenoxy) is 1. The summed E-state index contributed by atoms with van der Waals surface area (Å²) in [4.78, 5) is 0. The van der Waals surface area contributed by atoms with Crippen molar-refractivity contribution in [1.82, 2.24) is 5.32 Å². The molecule has 2 rings (SSSR count). The standard InChI is InChI=1S/C14H22N2O/c1-2-17-14-8-4-3-7-13(14)16-11-9-12-6-5-10-15-12/h3-4,7-8,12,15-16H,2,5-6,9-11H2,1H3. The van der Waals surface area contributed by atoms with Crippen molar-refractivity contribution in [3.8, 4) is 5.75 Å². The Bertz CT molecular complexity index is 335. The van der Waals surface area contributed by atoms with Crippen LogP contribution in [0.25, 0.3) is 0 Å². The highest BCUT2D eigenvalue weighted by Crippen LogP contribution is 2.23. The molecule has 0 aliphatic carbocycles. The molecular formula is C14H22N2O. The third-order valence-corrected chi connectivity index (χ3v) is 3.16. The van der Waals surface area contributed by atoms with E-state index in [-0.39, 0.29) is 0 Å². The molecule has 1 aromatic rings. The molecule has 1 aromatic carbocycles. The van der Waals surface area contributed by atoms with Gasteiger partial charge in [-0.2, -0.15) is 0 Å². The maximum Gasteiger partial charge on any atom is 0.142 e. The van der Waals surface area contributed by atoms with Gasteiger partial charge in [0.05, 0.1) is 12.3 Å². The molecule has 0 radical (unpaired) electrons. The van der Waals surface area contributed by atoms with E-state index in [1.165, 1.54) is 25.8 Å². The molecule has 1 aliphatic rings. The molecule has 94 valence electrons. The molecule has 3 nitrogen and oxygen atoms in total. The van der Waals surface area contributed by atoms with Gasteiger partial charge in [0, 0.05) is 12.6 Å². The van der Waals surface area contributed by atoms with Crippen molar-refractivity contribution >= 4 is 5.69 Å². The summed E-state index contributed by atoms with van der Waals surface area (Å²) >= 11 is 0. The lowest BCUT2D eigenvalue weighted by molar-refractivity contribution is 0.341. The fourth-order valence-electron chi connectivity index (χ4n) is 2.28. The molecule has 17 heavy (non-hydrogen) atoms. The Morgan fingerprint density at radius 2 is 2.29 bits per heavy atom. The van der Waals surface area contributed by atoms with Gasteiger partial charge in [0.1, 0.15) is 5.75 Å². The van der Waals surface area contributed by atoms with E-state index < -0.39 is 0 Å². The van der Waals surface area contributed by atoms with Crippen LogP contribution in [0, 0.1) is 0 Å². The number of rotatable bonds is 6. The SMILES string of the molecule is CCOc1ccccc1NCCC1CCCN1. The van der Waals surface area contributed by atoms with Gasteiger partial charge in [-0.15, -0.1) is 0 Å². The fraction of sp³-hybridized carbons (Fsp3) is 0.571. The van der Waals surface area contributed by atoms with Crippen LogP contribution in [-0.2, 0) is 0 Å². The molecule has 0 amide bonds. The van der Waals surface area contributed by atoms with Crippen LogP contribution in [0.4, 0.5) is 5.69 Å². The van der Waals surface area contributed by atoms with Gasteiger partial charge >= 0.3 is 0 Å². The molecule has 0 spiro atoms. The predicted molar refractivity (Wildman–Crippen MR) is 71.7 cm³/mol. The average molecular weight is 234 g/mol. The van der Waals surface area contributed by atoms with Gasteiger partial charge in [-0.3, -0.25) is 0 Å². The van der Waals surface area contributed by atoms with Crippen molar-refractivity contribution in [2.24, 2.45) is 0 Å². The largest absolute Gasteiger partial charge is 0.492 e. The molecule has 3 heteroatoms. The minimum absolute atomic E-state index is 0.696. The Morgan fingerprint density at radius 1 is 1.41 bits per heavy atom. The van der Waals surface area contributed by atoms with Crippen LogP contribution in [-0.4, -0.2) is 25.7 Å². The zero-order chi connectivity index (χ0) is 11.9. The topological polar surface area (TPSA) is 33.3 Å². The monoisotopic (exact) mass is 234 g/mol. The highest BCUT2D eigenvalue weighted by atomic mass is 16.5. The van der Waals surface area contributed by atoms with E-state index in [9.17, 15) is 0 Å². The van der Waals surface area contributed by atoms with Crippen LogP contribution < -0.4 is 15.4 Å². The Balaban J connectivity index is 1.80. The minimum Gasteiger partial charge on any atom is -0.492 e. The first kappa shape index (κ1) is 12.2. The highest BCUT2D eigenvalue weighted by Gasteiger charge is 2.13. The summed E-state index contributed by atoms with van der Waals surface area (Å²) in [5, 5.41) is 6.97. The third-order valence-electron chi connectivity index (χ3n) is 3.16. The molecule has 1 heterocycles. The highest BCUT2D eigenvalue weighted by molar-refractivity contribution is 5.56. The average Bonchev–Trinajstić information content (AvgIpc) is 2.85. The summed E-state index contributed by atoms with van der Waals surface area (Å²) in [6.07, 6.45) is 3.81. The zero-order valence-electron chi connectivity index (χ0n) is 10.5. The quantitative estimate of drug-likeness (QED) is 0.794. The maximum absolute atomic E-state index is 5.58. The van der Waals surface area contributed by atoms with Crippen molar-refractivity contribution in [3.63, 3.8) is 0 Å². The smallest absolute Gasteiger partial charge is 0.142 e. The fourth-order valence-corrected chi connectivity index (χ4v) is 2.28. The normalized spacial score (nSPS) is 19.2. The van der Waals surface area contributed by atoms with Gasteiger partial charge in [0.25, 0.3) is 0 Å². The molecule has 1 unspecified atom stereocenters. The molecule has 0 bridgehead atoms. The first-order valence-electron chi connectivity index (χ1n) is 6.59. The van der Waals surface area contributed by atoms with Gasteiger partial charge in [-0.25, -0.2) is 0 Å². The molecule has 1 aliphatic heterocycles. The number of para-hydroxylation sites is 2. The van der Waals surface area contributed by atoms with E-state index >= 15 is 0 Å². The van der Waals surface area contributed by atoms with Gasteiger partial charge < -0.3 is 15.4 Å². The summed E-state index contributed by atoms with van der Waals surface area (Å²) in [7, 11) is 0. The molecule has 2 N–H and O–H groups in total. The van der Waals surface area contributed by atoms with Gasteiger partial charge in [0.2, 0.25) is 0 Å². The number of anilines is 1. The molecular weight excluding hydrogens is 212 g/mol. The number of benzene rings is 1. The van der Waals surface area contributed by atoms with Gasteiger partial charge in [-0.05, 0) is 44.9 Å². The van der Waals surface area contributed by atoms with Crippen molar-refractivity contribution in [1.29, 1.82) is 0 Å². The van der Waals surface area contributed by atoms with Crippen LogP contribution in [0.1, 0.15) is 26.2 Å². The second kappa shape index (κ2) is 6.50. The van der Waals surface area contributed by atoms with Crippen LogP contribution in [0.15, 0.2) is 24.3 Å². The molecule has 0 aromatic heterocycles. The van der Waals surface area contributed by atoms with E-state index in [4.69, 9.17) is 4.74 Å². The Hall–Kier alpha value is -1.22. The second-order valence-corrected chi connectivity index (χ2v) is 4.44. The lowest BCUT2D eigenvalue weighted by atomic mass is 10.1. The Morgan fingerprint density at radius 3 is 3.06 bits per heavy atom. The number of hydrogen-bond acceptors (Lipinski definition) is 3. The minimum atomic E-state index is 0.696. The van der Waals surface area contributed by atoms with Crippen molar-refractivity contribution < 1.29 is 4.74 Å². The maximum atomic E-state index is 5.58.